The molecule has 168 valence electrons. The second-order valence-corrected chi connectivity index (χ2v) is 9.26. The van der Waals surface area contributed by atoms with Crippen LogP contribution in [0.4, 0.5) is 0 Å². The van der Waals surface area contributed by atoms with Crippen molar-refractivity contribution in [3.8, 4) is 28.7 Å². The molecule has 0 radical (unpaired) electrons. The highest BCUT2D eigenvalue weighted by Crippen LogP contribution is 2.30. The van der Waals surface area contributed by atoms with Crippen molar-refractivity contribution < 1.29 is 9.53 Å². The smallest absolute Gasteiger partial charge is 0.193 e. The van der Waals surface area contributed by atoms with E-state index in [1.165, 1.54) is 5.56 Å². The molecule has 4 aromatic carbocycles. The number of ether oxygens (including phenoxy) is 1. The summed E-state index contributed by atoms with van der Waals surface area (Å²) < 4.78 is 5.22. The standard InChI is InChI=1S/C32H28O2/c1-32(2,3)27-17-15-25(16-18-27)30-22-24(11-10-23-12-19-28(34-4)20-13-23)14-21-29(30)31(33)26-8-6-5-7-9-26/h5-9,12-22H,1-4H3. The highest BCUT2D eigenvalue weighted by Gasteiger charge is 2.17. The maximum Gasteiger partial charge on any atom is 0.193 e. The molecule has 0 bridgehead atoms. The van der Waals surface area contributed by atoms with Crippen LogP contribution in [0.25, 0.3) is 11.1 Å². The van der Waals surface area contributed by atoms with Crippen molar-refractivity contribution >= 4 is 5.78 Å². The molecule has 0 unspecified atom stereocenters. The first-order valence-electron chi connectivity index (χ1n) is 11.4. The van der Waals surface area contributed by atoms with Crippen molar-refractivity contribution in [1.29, 1.82) is 0 Å². The van der Waals surface area contributed by atoms with Crippen LogP contribution in [0.15, 0.2) is 97.1 Å². The van der Waals surface area contributed by atoms with Crippen LogP contribution in [-0.2, 0) is 5.41 Å². The van der Waals surface area contributed by atoms with Gasteiger partial charge in [0, 0.05) is 22.3 Å². The number of methoxy groups -OCH3 is 1. The highest BCUT2D eigenvalue weighted by molar-refractivity contribution is 6.13. The Hall–Kier alpha value is -4.09. The van der Waals surface area contributed by atoms with Gasteiger partial charge >= 0.3 is 0 Å². The molecule has 4 rings (SSSR count). The van der Waals surface area contributed by atoms with Crippen molar-refractivity contribution in [3.63, 3.8) is 0 Å². The maximum atomic E-state index is 13.4. The van der Waals surface area contributed by atoms with Gasteiger partial charge in [-0.25, -0.2) is 0 Å². The van der Waals surface area contributed by atoms with E-state index < -0.39 is 0 Å². The van der Waals surface area contributed by atoms with Crippen LogP contribution in [0.2, 0.25) is 0 Å². The average molecular weight is 445 g/mol. The number of rotatable bonds is 4. The Morgan fingerprint density at radius 2 is 1.35 bits per heavy atom. The lowest BCUT2D eigenvalue weighted by atomic mass is 9.85. The highest BCUT2D eigenvalue weighted by atomic mass is 16.5. The van der Waals surface area contributed by atoms with Gasteiger partial charge in [-0.05, 0) is 64.6 Å². The molecule has 0 aliphatic carbocycles. The maximum absolute atomic E-state index is 13.4. The second-order valence-electron chi connectivity index (χ2n) is 9.26. The summed E-state index contributed by atoms with van der Waals surface area (Å²) in [6.45, 7) is 6.59. The Morgan fingerprint density at radius 3 is 1.97 bits per heavy atom. The molecule has 2 nitrogen and oxygen atoms in total. The van der Waals surface area contributed by atoms with Crippen molar-refractivity contribution in [2.45, 2.75) is 26.2 Å². The zero-order valence-electron chi connectivity index (χ0n) is 20.1. The van der Waals surface area contributed by atoms with E-state index >= 15 is 0 Å². The minimum atomic E-state index is 0.00478. The topological polar surface area (TPSA) is 26.3 Å². The predicted molar refractivity (Wildman–Crippen MR) is 139 cm³/mol. The molecule has 0 aliphatic heterocycles. The van der Waals surface area contributed by atoms with Gasteiger partial charge in [0.1, 0.15) is 5.75 Å². The first kappa shape index (κ1) is 23.1. The third-order valence-electron chi connectivity index (χ3n) is 5.80. The summed E-state index contributed by atoms with van der Waals surface area (Å²) in [6.07, 6.45) is 0. The van der Waals surface area contributed by atoms with Gasteiger partial charge in [0.05, 0.1) is 7.11 Å². The molecule has 0 spiro atoms. The Bertz CT molecular complexity index is 1350. The van der Waals surface area contributed by atoms with Crippen molar-refractivity contribution in [3.05, 3.63) is 125 Å². The largest absolute Gasteiger partial charge is 0.497 e. The summed E-state index contributed by atoms with van der Waals surface area (Å²) >= 11 is 0. The summed E-state index contributed by atoms with van der Waals surface area (Å²) in [5.41, 5.74) is 6.31. The molecule has 0 amide bonds. The Morgan fingerprint density at radius 1 is 0.735 bits per heavy atom. The molecule has 0 heterocycles. The van der Waals surface area contributed by atoms with Crippen molar-refractivity contribution in [2.75, 3.05) is 7.11 Å². The Labute approximate surface area is 202 Å². The SMILES string of the molecule is COc1ccc(C#Cc2ccc(C(=O)c3ccccc3)c(-c3ccc(C(C)(C)C)cc3)c2)cc1. The van der Waals surface area contributed by atoms with E-state index in [0.29, 0.717) is 11.1 Å². The lowest BCUT2D eigenvalue weighted by Crippen LogP contribution is -2.10. The number of ketones is 1. The average Bonchev–Trinajstić information content (AvgIpc) is 2.87. The number of hydrogen-bond acceptors (Lipinski definition) is 2. The van der Waals surface area contributed by atoms with E-state index in [4.69, 9.17) is 4.74 Å². The molecular weight excluding hydrogens is 416 g/mol. The lowest BCUT2D eigenvalue weighted by molar-refractivity contribution is 0.103. The minimum Gasteiger partial charge on any atom is -0.497 e. The molecule has 0 aliphatic rings. The fraction of sp³-hybridized carbons (Fsp3) is 0.156. The predicted octanol–water partition coefficient (Wildman–Crippen LogP) is 7.29. The molecular formula is C32H28O2. The molecule has 0 atom stereocenters. The van der Waals surface area contributed by atoms with Crippen molar-refractivity contribution in [1.82, 2.24) is 0 Å². The van der Waals surface area contributed by atoms with Crippen LogP contribution in [0.5, 0.6) is 5.75 Å². The molecule has 0 saturated carbocycles. The zero-order valence-corrected chi connectivity index (χ0v) is 20.1. The number of carbonyl (C=O) groups is 1. The minimum absolute atomic E-state index is 0.00478. The lowest BCUT2D eigenvalue weighted by Gasteiger charge is -2.19. The monoisotopic (exact) mass is 444 g/mol. The van der Waals surface area contributed by atoms with Crippen LogP contribution < -0.4 is 4.74 Å². The van der Waals surface area contributed by atoms with Crippen LogP contribution in [-0.4, -0.2) is 12.9 Å². The fourth-order valence-corrected chi connectivity index (χ4v) is 3.77. The Balaban J connectivity index is 1.77. The molecule has 4 aromatic rings. The molecule has 2 heteroatoms. The molecule has 0 aromatic heterocycles. The van der Waals surface area contributed by atoms with Crippen LogP contribution in [0, 0.1) is 11.8 Å². The van der Waals surface area contributed by atoms with E-state index in [1.807, 2.05) is 72.8 Å². The third-order valence-corrected chi connectivity index (χ3v) is 5.80. The first-order chi connectivity index (χ1) is 16.3. The summed E-state index contributed by atoms with van der Waals surface area (Å²) in [5.74, 6) is 7.26. The van der Waals surface area contributed by atoms with Crippen LogP contribution >= 0.6 is 0 Å². The third kappa shape index (κ3) is 5.27. The van der Waals surface area contributed by atoms with E-state index in [-0.39, 0.29) is 11.2 Å². The van der Waals surface area contributed by atoms with Gasteiger partial charge in [0.25, 0.3) is 0 Å². The first-order valence-corrected chi connectivity index (χ1v) is 11.4. The van der Waals surface area contributed by atoms with Gasteiger partial charge in [0.15, 0.2) is 5.78 Å². The number of hydrogen-bond donors (Lipinski definition) is 0. The van der Waals surface area contributed by atoms with Crippen molar-refractivity contribution in [2.24, 2.45) is 0 Å². The van der Waals surface area contributed by atoms with Gasteiger partial charge in [-0.1, -0.05) is 87.2 Å². The Kier molecular flexibility index (Phi) is 6.66. The molecule has 0 N–H and O–H groups in total. The van der Waals surface area contributed by atoms with Gasteiger partial charge in [-0.3, -0.25) is 4.79 Å². The quantitative estimate of drug-likeness (QED) is 0.244. The van der Waals surface area contributed by atoms with Gasteiger partial charge in [-0.15, -0.1) is 0 Å². The number of carbonyl (C=O) groups excluding carboxylic acids is 1. The van der Waals surface area contributed by atoms with E-state index in [1.54, 1.807) is 7.11 Å². The van der Waals surface area contributed by atoms with E-state index in [2.05, 4.69) is 56.9 Å². The molecule has 0 fully saturated rings. The van der Waals surface area contributed by atoms with E-state index in [0.717, 1.165) is 28.0 Å². The second kappa shape index (κ2) is 9.81. The normalized spacial score (nSPS) is 10.8. The molecule has 34 heavy (non-hydrogen) atoms. The van der Waals surface area contributed by atoms with Gasteiger partial charge in [-0.2, -0.15) is 0 Å². The summed E-state index contributed by atoms with van der Waals surface area (Å²) in [5, 5.41) is 0. The molecule has 0 saturated heterocycles. The van der Waals surface area contributed by atoms with E-state index in [9.17, 15) is 4.79 Å². The van der Waals surface area contributed by atoms with Gasteiger partial charge in [0.2, 0.25) is 0 Å². The summed E-state index contributed by atoms with van der Waals surface area (Å²) in [7, 11) is 1.65. The van der Waals surface area contributed by atoms with Crippen LogP contribution in [0.3, 0.4) is 0 Å². The van der Waals surface area contributed by atoms with Gasteiger partial charge < -0.3 is 4.74 Å². The van der Waals surface area contributed by atoms with Crippen LogP contribution in [0.1, 0.15) is 53.4 Å². The fourth-order valence-electron chi connectivity index (χ4n) is 3.77. The zero-order chi connectivity index (χ0) is 24.1. The summed E-state index contributed by atoms with van der Waals surface area (Å²) in [6, 6.07) is 31.4. The summed E-state index contributed by atoms with van der Waals surface area (Å²) in [4.78, 5) is 13.4. The number of benzene rings is 4.